The number of rotatable bonds is 3. The quantitative estimate of drug-likeness (QED) is 0.750. The summed E-state index contributed by atoms with van der Waals surface area (Å²) in [4.78, 5) is 12.8. The molecule has 1 saturated heterocycles. The van der Waals surface area contributed by atoms with E-state index in [2.05, 4.69) is 11.8 Å². The molecule has 2 unspecified atom stereocenters. The van der Waals surface area contributed by atoms with Crippen molar-refractivity contribution >= 4 is 17.7 Å². The summed E-state index contributed by atoms with van der Waals surface area (Å²) in [5.74, 6) is 0.434. The minimum Gasteiger partial charge on any atom is -0.481 e. The van der Waals surface area contributed by atoms with Crippen molar-refractivity contribution in [1.82, 2.24) is 4.90 Å². The second kappa shape index (κ2) is 4.86. The van der Waals surface area contributed by atoms with E-state index in [1.165, 1.54) is 0 Å². The lowest BCUT2D eigenvalue weighted by molar-refractivity contribution is -0.138. The van der Waals surface area contributed by atoms with Crippen molar-refractivity contribution in [3.05, 3.63) is 0 Å². The third-order valence-corrected chi connectivity index (χ3v) is 3.50. The number of carbonyl (C=O) groups is 1. The van der Waals surface area contributed by atoms with E-state index in [4.69, 9.17) is 5.11 Å². The average Bonchev–Trinajstić information content (AvgIpc) is 2.03. The Labute approximate surface area is 83.5 Å². The molecular weight excluding hydrogens is 186 g/mol. The molecule has 1 aliphatic heterocycles. The maximum Gasteiger partial charge on any atom is 0.304 e. The van der Waals surface area contributed by atoms with Crippen LogP contribution in [0.2, 0.25) is 0 Å². The molecule has 0 bridgehead atoms. The van der Waals surface area contributed by atoms with Crippen molar-refractivity contribution in [2.45, 2.75) is 31.6 Å². The fraction of sp³-hybridized carbons (Fsp3) is 0.889. The van der Waals surface area contributed by atoms with E-state index in [9.17, 15) is 4.79 Å². The normalized spacial score (nSPS) is 27.1. The van der Waals surface area contributed by atoms with Gasteiger partial charge in [-0.25, -0.2) is 0 Å². The SMILES string of the molecule is CC1CN(C(C)CC(=O)O)CCS1. The number of hydrogen-bond acceptors (Lipinski definition) is 3. The van der Waals surface area contributed by atoms with Gasteiger partial charge in [0.2, 0.25) is 0 Å². The Balaban J connectivity index is 2.36. The van der Waals surface area contributed by atoms with Gasteiger partial charge in [0, 0.05) is 30.1 Å². The number of aliphatic carboxylic acids is 1. The van der Waals surface area contributed by atoms with Gasteiger partial charge in [0.15, 0.2) is 0 Å². The second-order valence-electron chi connectivity index (χ2n) is 3.62. The predicted molar refractivity (Wildman–Crippen MR) is 55.2 cm³/mol. The van der Waals surface area contributed by atoms with Gasteiger partial charge >= 0.3 is 5.97 Å². The lowest BCUT2D eigenvalue weighted by Gasteiger charge is -2.34. The Hall–Kier alpha value is -0.220. The number of thioether (sulfide) groups is 1. The van der Waals surface area contributed by atoms with Gasteiger partial charge in [-0.15, -0.1) is 0 Å². The molecule has 4 heteroatoms. The van der Waals surface area contributed by atoms with Gasteiger partial charge in [-0.1, -0.05) is 6.92 Å². The Kier molecular flexibility index (Phi) is 4.06. The molecule has 1 N–H and O–H groups in total. The molecule has 0 spiro atoms. The van der Waals surface area contributed by atoms with Crippen LogP contribution in [0.15, 0.2) is 0 Å². The van der Waals surface area contributed by atoms with Crippen LogP contribution >= 0.6 is 11.8 Å². The molecule has 0 aromatic rings. The van der Waals surface area contributed by atoms with Crippen LogP contribution in [0.25, 0.3) is 0 Å². The standard InChI is InChI=1S/C9H17NO2S/c1-7(5-9(11)12)10-3-4-13-8(2)6-10/h7-8H,3-6H2,1-2H3,(H,11,12). The van der Waals surface area contributed by atoms with Crippen LogP contribution in [0.3, 0.4) is 0 Å². The van der Waals surface area contributed by atoms with Gasteiger partial charge in [0.1, 0.15) is 0 Å². The van der Waals surface area contributed by atoms with Gasteiger partial charge < -0.3 is 5.11 Å². The van der Waals surface area contributed by atoms with E-state index < -0.39 is 5.97 Å². The van der Waals surface area contributed by atoms with Crippen molar-refractivity contribution in [2.75, 3.05) is 18.8 Å². The minimum absolute atomic E-state index is 0.181. The molecule has 1 aliphatic rings. The van der Waals surface area contributed by atoms with Crippen LogP contribution in [0.5, 0.6) is 0 Å². The third-order valence-electron chi connectivity index (χ3n) is 2.37. The van der Waals surface area contributed by atoms with Gasteiger partial charge in [-0.3, -0.25) is 9.69 Å². The van der Waals surface area contributed by atoms with Crippen molar-refractivity contribution in [2.24, 2.45) is 0 Å². The molecule has 1 heterocycles. The molecule has 0 saturated carbocycles. The lowest BCUT2D eigenvalue weighted by Crippen LogP contribution is -2.43. The van der Waals surface area contributed by atoms with Crippen molar-refractivity contribution in [3.63, 3.8) is 0 Å². The highest BCUT2D eigenvalue weighted by Crippen LogP contribution is 2.20. The highest BCUT2D eigenvalue weighted by Gasteiger charge is 2.22. The predicted octanol–water partition coefficient (Wildman–Crippen LogP) is 1.29. The van der Waals surface area contributed by atoms with Crippen LogP contribution in [-0.4, -0.2) is 46.1 Å². The molecule has 13 heavy (non-hydrogen) atoms. The highest BCUT2D eigenvalue weighted by atomic mass is 32.2. The van der Waals surface area contributed by atoms with E-state index in [1.54, 1.807) is 0 Å². The first-order chi connectivity index (χ1) is 6.09. The first-order valence-electron chi connectivity index (χ1n) is 4.67. The third kappa shape index (κ3) is 3.56. The molecule has 1 rings (SSSR count). The zero-order valence-electron chi connectivity index (χ0n) is 8.19. The maximum absolute atomic E-state index is 10.5. The summed E-state index contributed by atoms with van der Waals surface area (Å²) in [5.41, 5.74) is 0. The average molecular weight is 203 g/mol. The fourth-order valence-corrected chi connectivity index (χ4v) is 2.67. The van der Waals surface area contributed by atoms with Crippen molar-refractivity contribution < 1.29 is 9.90 Å². The Morgan fingerprint density at radius 1 is 1.77 bits per heavy atom. The second-order valence-corrected chi connectivity index (χ2v) is 5.17. The number of nitrogens with zero attached hydrogens (tertiary/aromatic N) is 1. The summed E-state index contributed by atoms with van der Waals surface area (Å²) in [6.07, 6.45) is 0.261. The van der Waals surface area contributed by atoms with Gasteiger partial charge in [-0.05, 0) is 6.92 Å². The number of carboxylic acids is 1. The first kappa shape index (κ1) is 10.9. The number of hydrogen-bond donors (Lipinski definition) is 1. The Morgan fingerprint density at radius 3 is 3.00 bits per heavy atom. The monoisotopic (exact) mass is 203 g/mol. The summed E-state index contributed by atoms with van der Waals surface area (Å²) in [6.45, 7) is 6.25. The van der Waals surface area contributed by atoms with Crippen LogP contribution in [0.4, 0.5) is 0 Å². The van der Waals surface area contributed by atoms with Crippen LogP contribution in [0, 0.1) is 0 Å². The molecule has 0 aromatic carbocycles. The molecule has 76 valence electrons. The van der Waals surface area contributed by atoms with Crippen molar-refractivity contribution in [1.29, 1.82) is 0 Å². The lowest BCUT2D eigenvalue weighted by atomic mass is 10.2. The molecule has 0 amide bonds. The summed E-state index contributed by atoms with van der Waals surface area (Å²) in [6, 6.07) is 0.181. The summed E-state index contributed by atoms with van der Waals surface area (Å²) in [7, 11) is 0. The molecule has 3 nitrogen and oxygen atoms in total. The van der Waals surface area contributed by atoms with Crippen molar-refractivity contribution in [3.8, 4) is 0 Å². The largest absolute Gasteiger partial charge is 0.481 e. The zero-order chi connectivity index (χ0) is 9.84. The molecule has 2 atom stereocenters. The van der Waals surface area contributed by atoms with E-state index >= 15 is 0 Å². The molecule has 0 aromatic heterocycles. The maximum atomic E-state index is 10.5. The molecule has 0 radical (unpaired) electrons. The Bertz CT molecular complexity index is 186. The fourth-order valence-electron chi connectivity index (χ4n) is 1.63. The first-order valence-corrected chi connectivity index (χ1v) is 5.72. The van der Waals surface area contributed by atoms with Crippen LogP contribution < -0.4 is 0 Å². The minimum atomic E-state index is -0.696. The summed E-state index contributed by atoms with van der Waals surface area (Å²) in [5, 5.41) is 9.29. The number of carboxylic acid groups (broad SMARTS) is 1. The smallest absolute Gasteiger partial charge is 0.304 e. The molecular formula is C9H17NO2S. The summed E-state index contributed by atoms with van der Waals surface area (Å²) < 4.78 is 0. The Morgan fingerprint density at radius 2 is 2.46 bits per heavy atom. The molecule has 1 fully saturated rings. The van der Waals surface area contributed by atoms with E-state index in [-0.39, 0.29) is 12.5 Å². The van der Waals surface area contributed by atoms with E-state index in [0.29, 0.717) is 5.25 Å². The van der Waals surface area contributed by atoms with Crippen LogP contribution in [0.1, 0.15) is 20.3 Å². The summed E-state index contributed by atoms with van der Waals surface area (Å²) >= 11 is 1.97. The van der Waals surface area contributed by atoms with E-state index in [0.717, 1.165) is 18.8 Å². The zero-order valence-corrected chi connectivity index (χ0v) is 9.01. The van der Waals surface area contributed by atoms with Gasteiger partial charge in [0.05, 0.1) is 6.42 Å². The van der Waals surface area contributed by atoms with Crippen LogP contribution in [-0.2, 0) is 4.79 Å². The highest BCUT2D eigenvalue weighted by molar-refractivity contribution is 7.99. The van der Waals surface area contributed by atoms with E-state index in [1.807, 2.05) is 18.7 Å². The van der Waals surface area contributed by atoms with Gasteiger partial charge in [0.25, 0.3) is 0 Å². The molecule has 0 aliphatic carbocycles. The topological polar surface area (TPSA) is 40.5 Å². The van der Waals surface area contributed by atoms with Gasteiger partial charge in [-0.2, -0.15) is 11.8 Å².